The van der Waals surface area contributed by atoms with Crippen molar-refractivity contribution in [3.63, 3.8) is 0 Å². The van der Waals surface area contributed by atoms with Crippen LogP contribution in [0, 0.1) is 11.3 Å². The SMILES string of the molecule is CN(C)CCN(Cc1ccc(C#N)cc1)C(=O)CC1Sc2ccccc2NC1=O. The van der Waals surface area contributed by atoms with Crippen molar-refractivity contribution in [1.29, 1.82) is 5.26 Å². The van der Waals surface area contributed by atoms with Crippen molar-refractivity contribution in [3.8, 4) is 6.07 Å². The number of amides is 2. The van der Waals surface area contributed by atoms with Crippen molar-refractivity contribution in [2.45, 2.75) is 23.1 Å². The fraction of sp³-hybridized carbons (Fsp3) is 0.318. The van der Waals surface area contributed by atoms with Crippen molar-refractivity contribution in [3.05, 3.63) is 59.7 Å². The first-order chi connectivity index (χ1) is 14.0. The lowest BCUT2D eigenvalue weighted by Crippen LogP contribution is -2.40. The summed E-state index contributed by atoms with van der Waals surface area (Å²) in [6, 6.07) is 17.0. The van der Waals surface area contributed by atoms with E-state index in [1.165, 1.54) is 11.8 Å². The molecular formula is C22H24N4O2S. The molecular weight excluding hydrogens is 384 g/mol. The first-order valence-electron chi connectivity index (χ1n) is 9.44. The molecule has 1 aliphatic rings. The van der Waals surface area contributed by atoms with Gasteiger partial charge in [0.15, 0.2) is 0 Å². The van der Waals surface area contributed by atoms with Crippen LogP contribution in [0.1, 0.15) is 17.5 Å². The standard InChI is InChI=1S/C22H24N4O2S/c1-25(2)11-12-26(15-17-9-7-16(14-23)8-10-17)21(27)13-20-22(28)24-18-5-3-4-6-19(18)29-20/h3-10,20H,11-13,15H2,1-2H3,(H,24,28). The highest BCUT2D eigenvalue weighted by molar-refractivity contribution is 8.01. The Hall–Kier alpha value is -2.82. The van der Waals surface area contributed by atoms with Crippen LogP contribution in [0.25, 0.3) is 0 Å². The summed E-state index contributed by atoms with van der Waals surface area (Å²) in [5, 5.41) is 11.4. The molecule has 2 aromatic rings. The molecule has 2 aromatic carbocycles. The molecule has 0 fully saturated rings. The molecule has 150 valence electrons. The molecule has 3 rings (SSSR count). The van der Waals surface area contributed by atoms with Crippen LogP contribution in [0.15, 0.2) is 53.4 Å². The molecule has 7 heteroatoms. The van der Waals surface area contributed by atoms with Crippen LogP contribution in [0.5, 0.6) is 0 Å². The van der Waals surface area contributed by atoms with Crippen molar-refractivity contribution in [1.82, 2.24) is 9.80 Å². The number of nitrogens with one attached hydrogen (secondary N) is 1. The van der Waals surface area contributed by atoms with Crippen molar-refractivity contribution in [2.75, 3.05) is 32.5 Å². The number of benzene rings is 2. The van der Waals surface area contributed by atoms with Gasteiger partial charge in [-0.05, 0) is 43.9 Å². The summed E-state index contributed by atoms with van der Waals surface area (Å²) in [5.41, 5.74) is 2.35. The van der Waals surface area contributed by atoms with Crippen LogP contribution in [-0.2, 0) is 16.1 Å². The van der Waals surface area contributed by atoms with Crippen molar-refractivity contribution in [2.24, 2.45) is 0 Å². The van der Waals surface area contributed by atoms with E-state index in [-0.39, 0.29) is 18.2 Å². The van der Waals surface area contributed by atoms with Crippen LogP contribution < -0.4 is 5.32 Å². The van der Waals surface area contributed by atoms with Gasteiger partial charge in [-0.15, -0.1) is 11.8 Å². The van der Waals surface area contributed by atoms with E-state index >= 15 is 0 Å². The van der Waals surface area contributed by atoms with Gasteiger partial charge in [-0.3, -0.25) is 9.59 Å². The number of nitriles is 1. The molecule has 0 radical (unpaired) electrons. The van der Waals surface area contributed by atoms with E-state index in [1.54, 1.807) is 17.0 Å². The number of thioether (sulfide) groups is 1. The summed E-state index contributed by atoms with van der Waals surface area (Å²) in [5.74, 6) is -0.184. The van der Waals surface area contributed by atoms with Crippen molar-refractivity contribution < 1.29 is 9.59 Å². The number of likely N-dealkylation sites (N-methyl/N-ethyl adjacent to an activating group) is 1. The lowest BCUT2D eigenvalue weighted by atomic mass is 10.1. The predicted molar refractivity (Wildman–Crippen MR) is 114 cm³/mol. The number of anilines is 1. The lowest BCUT2D eigenvalue weighted by Gasteiger charge is -2.28. The first-order valence-corrected chi connectivity index (χ1v) is 10.3. The molecule has 1 N–H and O–H groups in total. The molecule has 1 aliphatic heterocycles. The molecule has 0 aliphatic carbocycles. The van der Waals surface area contributed by atoms with Crippen LogP contribution >= 0.6 is 11.8 Å². The smallest absolute Gasteiger partial charge is 0.238 e. The predicted octanol–water partition coefficient (Wildman–Crippen LogP) is 2.95. The molecule has 0 saturated carbocycles. The van der Waals surface area contributed by atoms with E-state index in [2.05, 4.69) is 11.4 Å². The molecule has 2 amide bonds. The third-order valence-corrected chi connectivity index (χ3v) is 5.97. The number of hydrogen-bond donors (Lipinski definition) is 1. The molecule has 1 atom stereocenters. The molecule has 0 aromatic heterocycles. The third-order valence-electron chi connectivity index (χ3n) is 4.69. The van der Waals surface area contributed by atoms with Gasteiger partial charge in [0.1, 0.15) is 0 Å². The Morgan fingerprint density at radius 1 is 1.14 bits per heavy atom. The second kappa shape index (κ2) is 9.59. The number of hydrogen-bond acceptors (Lipinski definition) is 5. The van der Waals surface area contributed by atoms with E-state index < -0.39 is 5.25 Å². The highest BCUT2D eigenvalue weighted by Crippen LogP contribution is 2.36. The molecule has 1 heterocycles. The third kappa shape index (κ3) is 5.59. The van der Waals surface area contributed by atoms with E-state index in [0.29, 0.717) is 18.7 Å². The Balaban J connectivity index is 1.70. The molecule has 0 spiro atoms. The van der Waals surface area contributed by atoms with Crippen LogP contribution in [0.3, 0.4) is 0 Å². The van der Waals surface area contributed by atoms with Gasteiger partial charge in [0.2, 0.25) is 11.8 Å². The molecule has 6 nitrogen and oxygen atoms in total. The minimum absolute atomic E-state index is 0.0526. The zero-order valence-corrected chi connectivity index (χ0v) is 17.4. The highest BCUT2D eigenvalue weighted by atomic mass is 32.2. The Morgan fingerprint density at radius 3 is 2.55 bits per heavy atom. The number of rotatable bonds is 7. The zero-order valence-electron chi connectivity index (χ0n) is 16.6. The maximum atomic E-state index is 13.1. The average Bonchev–Trinajstić information content (AvgIpc) is 2.71. The van der Waals surface area contributed by atoms with Gasteiger partial charge >= 0.3 is 0 Å². The number of carbonyl (C=O) groups excluding carboxylic acids is 2. The molecule has 0 bridgehead atoms. The summed E-state index contributed by atoms with van der Waals surface area (Å²) in [4.78, 5) is 30.3. The van der Waals surface area contributed by atoms with Gasteiger partial charge in [0.25, 0.3) is 0 Å². The summed E-state index contributed by atoms with van der Waals surface area (Å²) >= 11 is 1.44. The summed E-state index contributed by atoms with van der Waals surface area (Å²) < 4.78 is 0. The van der Waals surface area contributed by atoms with Gasteiger partial charge in [0.05, 0.1) is 22.6 Å². The van der Waals surface area contributed by atoms with Crippen LogP contribution in [-0.4, -0.2) is 54.0 Å². The maximum absolute atomic E-state index is 13.1. The second-order valence-corrected chi connectivity index (χ2v) is 8.47. The van der Waals surface area contributed by atoms with E-state index in [1.807, 2.05) is 55.4 Å². The summed E-state index contributed by atoms with van der Waals surface area (Å²) in [7, 11) is 3.93. The van der Waals surface area contributed by atoms with Crippen LogP contribution in [0.2, 0.25) is 0 Å². The average molecular weight is 409 g/mol. The minimum Gasteiger partial charge on any atom is -0.337 e. The van der Waals surface area contributed by atoms with Gasteiger partial charge in [-0.1, -0.05) is 24.3 Å². The lowest BCUT2D eigenvalue weighted by molar-refractivity contribution is -0.133. The topological polar surface area (TPSA) is 76.4 Å². The first kappa shape index (κ1) is 20.9. The van der Waals surface area contributed by atoms with E-state index in [4.69, 9.17) is 5.26 Å². The summed E-state index contributed by atoms with van der Waals surface area (Å²) in [6.45, 7) is 1.75. The Labute approximate surface area is 175 Å². The number of carbonyl (C=O) groups is 2. The minimum atomic E-state index is -0.444. The quantitative estimate of drug-likeness (QED) is 0.762. The molecule has 1 unspecified atom stereocenters. The fourth-order valence-electron chi connectivity index (χ4n) is 3.03. The fourth-order valence-corrected chi connectivity index (χ4v) is 4.13. The number of fused-ring (bicyclic) bond motifs is 1. The Morgan fingerprint density at radius 2 is 1.86 bits per heavy atom. The van der Waals surface area contributed by atoms with E-state index in [9.17, 15) is 9.59 Å². The van der Waals surface area contributed by atoms with Gasteiger partial charge in [-0.2, -0.15) is 5.26 Å². The number of nitrogens with zero attached hydrogens (tertiary/aromatic N) is 3. The van der Waals surface area contributed by atoms with Gasteiger partial charge < -0.3 is 15.1 Å². The largest absolute Gasteiger partial charge is 0.337 e. The van der Waals surface area contributed by atoms with E-state index in [0.717, 1.165) is 22.7 Å². The van der Waals surface area contributed by atoms with Crippen molar-refractivity contribution >= 4 is 29.3 Å². The van der Waals surface area contributed by atoms with Gasteiger partial charge in [-0.25, -0.2) is 0 Å². The normalized spacial score (nSPS) is 15.4. The Bertz CT molecular complexity index is 921. The van der Waals surface area contributed by atoms with Crippen LogP contribution in [0.4, 0.5) is 5.69 Å². The monoisotopic (exact) mass is 408 g/mol. The summed E-state index contributed by atoms with van der Waals surface area (Å²) in [6.07, 6.45) is 0.147. The Kier molecular flexibility index (Phi) is 6.91. The molecule has 0 saturated heterocycles. The number of para-hydroxylation sites is 1. The van der Waals surface area contributed by atoms with Gasteiger partial charge in [0, 0.05) is 31.0 Å². The maximum Gasteiger partial charge on any atom is 0.238 e. The molecule has 29 heavy (non-hydrogen) atoms. The zero-order chi connectivity index (χ0) is 20.8. The second-order valence-electron chi connectivity index (χ2n) is 7.22. The highest BCUT2D eigenvalue weighted by Gasteiger charge is 2.30.